The number of amides is 1. The van der Waals surface area contributed by atoms with Gasteiger partial charge >= 0.3 is 0 Å². The summed E-state index contributed by atoms with van der Waals surface area (Å²) in [5.41, 5.74) is 2.62. The van der Waals surface area contributed by atoms with Crippen LogP contribution in [-0.4, -0.2) is 10.8 Å². The quantitative estimate of drug-likeness (QED) is 0.675. The van der Waals surface area contributed by atoms with E-state index >= 15 is 0 Å². The smallest absolute Gasteiger partial charge is 0.226 e. The molecule has 0 fully saturated rings. The third kappa shape index (κ3) is 1.99. The Kier molecular flexibility index (Phi) is 2.71. The van der Waals surface area contributed by atoms with Crippen LogP contribution < -0.4 is 0 Å². The average Bonchev–Trinajstić information content (AvgIpc) is 2.82. The highest BCUT2D eigenvalue weighted by atomic mass is 16.2. The second-order valence-electron chi connectivity index (χ2n) is 4.94. The second-order valence-corrected chi connectivity index (χ2v) is 4.94. The lowest BCUT2D eigenvalue weighted by Crippen LogP contribution is -2.32. The van der Waals surface area contributed by atoms with Crippen LogP contribution >= 0.6 is 0 Å². The predicted octanol–water partition coefficient (Wildman–Crippen LogP) is 2.89. The molecule has 0 bridgehead atoms. The molecule has 1 aromatic rings. The van der Waals surface area contributed by atoms with Crippen LogP contribution in [0.3, 0.4) is 0 Å². The summed E-state index contributed by atoms with van der Waals surface area (Å²) in [5.74, 6) is 0.555. The summed E-state index contributed by atoms with van der Waals surface area (Å²) >= 11 is 0. The van der Waals surface area contributed by atoms with Crippen LogP contribution in [0.1, 0.15) is 30.4 Å². The first-order chi connectivity index (χ1) is 8.34. The van der Waals surface area contributed by atoms with E-state index in [1.807, 2.05) is 4.90 Å². The van der Waals surface area contributed by atoms with Gasteiger partial charge in [-0.3, -0.25) is 4.79 Å². The third-order valence-corrected chi connectivity index (χ3v) is 3.77. The Labute approximate surface area is 102 Å². The lowest BCUT2D eigenvalue weighted by Gasteiger charge is -2.23. The molecule has 1 atom stereocenters. The molecule has 3 rings (SSSR count). The van der Waals surface area contributed by atoms with Gasteiger partial charge in [0.15, 0.2) is 0 Å². The molecule has 1 aromatic carbocycles. The maximum Gasteiger partial charge on any atom is 0.226 e. The van der Waals surface area contributed by atoms with Crippen molar-refractivity contribution in [2.45, 2.75) is 32.4 Å². The van der Waals surface area contributed by atoms with Crippen LogP contribution in [0.5, 0.6) is 0 Å². The molecular formula is C15H17NO. The molecule has 88 valence electrons. The first-order valence-electron chi connectivity index (χ1n) is 6.35. The fourth-order valence-corrected chi connectivity index (χ4v) is 2.77. The van der Waals surface area contributed by atoms with Crippen molar-refractivity contribution >= 4 is 5.91 Å². The zero-order valence-electron chi connectivity index (χ0n) is 9.93. The van der Waals surface area contributed by atoms with Gasteiger partial charge in [0.1, 0.15) is 0 Å². The predicted molar refractivity (Wildman–Crippen MR) is 67.2 cm³/mol. The molecule has 0 N–H and O–H groups in total. The van der Waals surface area contributed by atoms with Gasteiger partial charge in [0.2, 0.25) is 5.91 Å². The number of hydrogen-bond donors (Lipinski definition) is 0. The number of allylic oxidation sites excluding steroid dienone is 2. The lowest BCUT2D eigenvalue weighted by atomic mass is 9.93. The van der Waals surface area contributed by atoms with Crippen molar-refractivity contribution in [2.75, 3.05) is 0 Å². The standard InChI is InChI=1S/C15H17NO/c17-15(12-6-2-1-3-7-12)16-10-13-8-4-5-9-14(13)11-16/h1-2,4-5,8-9,12H,3,6-7,10-11H2/t12-/m0/s1. The molecule has 2 nitrogen and oxygen atoms in total. The molecule has 1 aliphatic heterocycles. The van der Waals surface area contributed by atoms with Crippen molar-refractivity contribution in [1.29, 1.82) is 0 Å². The van der Waals surface area contributed by atoms with Crippen LogP contribution in [0.25, 0.3) is 0 Å². The van der Waals surface area contributed by atoms with E-state index in [4.69, 9.17) is 0 Å². The van der Waals surface area contributed by atoms with E-state index in [0.717, 1.165) is 32.4 Å². The van der Waals surface area contributed by atoms with Gasteiger partial charge in [-0.1, -0.05) is 36.4 Å². The zero-order valence-corrected chi connectivity index (χ0v) is 9.93. The van der Waals surface area contributed by atoms with Crippen molar-refractivity contribution in [3.63, 3.8) is 0 Å². The summed E-state index contributed by atoms with van der Waals surface area (Å²) in [6.07, 6.45) is 7.32. The molecule has 1 aliphatic carbocycles. The Morgan fingerprint density at radius 3 is 2.41 bits per heavy atom. The highest BCUT2D eigenvalue weighted by molar-refractivity contribution is 5.79. The van der Waals surface area contributed by atoms with Crippen molar-refractivity contribution in [1.82, 2.24) is 4.90 Å². The number of hydrogen-bond acceptors (Lipinski definition) is 1. The van der Waals surface area contributed by atoms with Crippen molar-refractivity contribution in [2.24, 2.45) is 5.92 Å². The summed E-state index contributed by atoms with van der Waals surface area (Å²) < 4.78 is 0. The number of rotatable bonds is 1. The normalized spacial score (nSPS) is 22.6. The van der Waals surface area contributed by atoms with E-state index in [1.54, 1.807) is 0 Å². The molecule has 0 saturated heterocycles. The Hall–Kier alpha value is -1.57. The number of carbonyl (C=O) groups excluding carboxylic acids is 1. The number of carbonyl (C=O) groups is 1. The summed E-state index contributed by atoms with van der Waals surface area (Å²) in [6.45, 7) is 1.60. The minimum absolute atomic E-state index is 0.217. The molecular weight excluding hydrogens is 210 g/mol. The minimum Gasteiger partial charge on any atom is -0.334 e. The van der Waals surface area contributed by atoms with E-state index in [0.29, 0.717) is 5.91 Å². The van der Waals surface area contributed by atoms with Crippen LogP contribution in [0.4, 0.5) is 0 Å². The Morgan fingerprint density at radius 1 is 1.12 bits per heavy atom. The van der Waals surface area contributed by atoms with E-state index in [-0.39, 0.29) is 5.92 Å². The number of benzene rings is 1. The fraction of sp³-hybridized carbons (Fsp3) is 0.400. The SMILES string of the molecule is O=C([C@H]1CC=CCC1)N1Cc2ccccc2C1. The highest BCUT2D eigenvalue weighted by Crippen LogP contribution is 2.27. The van der Waals surface area contributed by atoms with Crippen LogP contribution in [0, 0.1) is 5.92 Å². The van der Waals surface area contributed by atoms with Gasteiger partial charge in [-0.25, -0.2) is 0 Å². The summed E-state index contributed by atoms with van der Waals surface area (Å²) in [7, 11) is 0. The maximum atomic E-state index is 12.4. The van der Waals surface area contributed by atoms with Crippen molar-refractivity contribution < 1.29 is 4.79 Å². The highest BCUT2D eigenvalue weighted by Gasteiger charge is 2.28. The average molecular weight is 227 g/mol. The van der Waals surface area contributed by atoms with Gasteiger partial charge in [-0.2, -0.15) is 0 Å². The van der Waals surface area contributed by atoms with E-state index in [1.165, 1.54) is 11.1 Å². The first-order valence-corrected chi connectivity index (χ1v) is 6.35. The van der Waals surface area contributed by atoms with Gasteiger partial charge in [0, 0.05) is 19.0 Å². The first kappa shape index (κ1) is 10.6. The van der Waals surface area contributed by atoms with Crippen molar-refractivity contribution in [3.8, 4) is 0 Å². The van der Waals surface area contributed by atoms with Gasteiger partial charge in [-0.05, 0) is 30.4 Å². The van der Waals surface area contributed by atoms with E-state index < -0.39 is 0 Å². The fourth-order valence-electron chi connectivity index (χ4n) is 2.77. The largest absolute Gasteiger partial charge is 0.334 e. The van der Waals surface area contributed by atoms with Crippen molar-refractivity contribution in [3.05, 3.63) is 47.5 Å². The topological polar surface area (TPSA) is 20.3 Å². The molecule has 2 heteroatoms. The zero-order chi connectivity index (χ0) is 11.7. The molecule has 17 heavy (non-hydrogen) atoms. The van der Waals surface area contributed by atoms with Gasteiger partial charge in [-0.15, -0.1) is 0 Å². The maximum absolute atomic E-state index is 12.4. The monoisotopic (exact) mass is 227 g/mol. The molecule has 1 heterocycles. The van der Waals surface area contributed by atoms with Crippen LogP contribution in [0.15, 0.2) is 36.4 Å². The van der Waals surface area contributed by atoms with E-state index in [2.05, 4.69) is 36.4 Å². The third-order valence-electron chi connectivity index (χ3n) is 3.77. The van der Waals surface area contributed by atoms with Gasteiger partial charge < -0.3 is 4.90 Å². The number of nitrogens with zero attached hydrogens (tertiary/aromatic N) is 1. The Morgan fingerprint density at radius 2 is 1.82 bits per heavy atom. The molecule has 0 aromatic heterocycles. The van der Waals surface area contributed by atoms with Gasteiger partial charge in [0.25, 0.3) is 0 Å². The molecule has 1 amide bonds. The lowest BCUT2D eigenvalue weighted by molar-refractivity contribution is -0.136. The summed E-state index contributed by atoms with van der Waals surface area (Å²) in [4.78, 5) is 14.4. The second kappa shape index (κ2) is 4.36. The van der Waals surface area contributed by atoms with Crippen LogP contribution in [-0.2, 0) is 17.9 Å². The van der Waals surface area contributed by atoms with Gasteiger partial charge in [0.05, 0.1) is 0 Å². The molecule has 2 aliphatic rings. The Bertz CT molecular complexity index is 439. The summed E-state index contributed by atoms with van der Waals surface area (Å²) in [6, 6.07) is 8.36. The Balaban J connectivity index is 1.72. The minimum atomic E-state index is 0.217. The van der Waals surface area contributed by atoms with Crippen LogP contribution in [0.2, 0.25) is 0 Å². The molecule has 0 radical (unpaired) electrons. The molecule has 0 unspecified atom stereocenters. The van der Waals surface area contributed by atoms with E-state index in [9.17, 15) is 4.79 Å². The molecule has 0 spiro atoms. The molecule has 0 saturated carbocycles. The number of fused-ring (bicyclic) bond motifs is 1. The summed E-state index contributed by atoms with van der Waals surface area (Å²) in [5, 5.41) is 0.